The third-order valence-corrected chi connectivity index (χ3v) is 4.35. The molecule has 0 saturated heterocycles. The van der Waals surface area contributed by atoms with Crippen LogP contribution in [-0.2, 0) is 6.18 Å². The standard InChI is InChI=1S/C15H9F3N4OS/c1-8-19-20-14-22(8)21-13(24-14)12-6-5-11(23-12)9-3-2-4-10(7-9)15(16,17)18/h2-7H,1H3. The summed E-state index contributed by atoms with van der Waals surface area (Å²) < 4.78 is 45.7. The van der Waals surface area contributed by atoms with Gasteiger partial charge in [-0.05, 0) is 31.2 Å². The van der Waals surface area contributed by atoms with Crippen LogP contribution in [0.5, 0.6) is 0 Å². The van der Waals surface area contributed by atoms with E-state index in [1.54, 1.807) is 29.6 Å². The first-order chi connectivity index (χ1) is 11.4. The second-order valence-electron chi connectivity index (χ2n) is 5.09. The molecule has 1 aromatic carbocycles. The van der Waals surface area contributed by atoms with Gasteiger partial charge in [0.15, 0.2) is 16.6 Å². The van der Waals surface area contributed by atoms with Gasteiger partial charge in [0.05, 0.1) is 5.56 Å². The highest BCUT2D eigenvalue weighted by molar-refractivity contribution is 7.19. The molecule has 0 unspecified atom stereocenters. The number of alkyl halides is 3. The summed E-state index contributed by atoms with van der Waals surface area (Å²) in [6.45, 7) is 1.78. The molecular formula is C15H9F3N4OS. The predicted molar refractivity (Wildman–Crippen MR) is 81.5 cm³/mol. The average Bonchev–Trinajstić information content (AvgIpc) is 3.24. The molecule has 5 nitrogen and oxygen atoms in total. The first kappa shape index (κ1) is 14.9. The van der Waals surface area contributed by atoms with Gasteiger partial charge in [-0.15, -0.1) is 15.3 Å². The van der Waals surface area contributed by atoms with Crippen molar-refractivity contribution in [3.05, 3.63) is 47.8 Å². The Labute approximate surface area is 137 Å². The SMILES string of the molecule is Cc1nnc2sc(-c3ccc(-c4cccc(C(F)(F)F)c4)o3)nn12. The number of rotatable bonds is 2. The van der Waals surface area contributed by atoms with E-state index >= 15 is 0 Å². The lowest BCUT2D eigenvalue weighted by Gasteiger charge is -2.07. The zero-order chi connectivity index (χ0) is 16.9. The third kappa shape index (κ3) is 2.46. The van der Waals surface area contributed by atoms with Crippen molar-refractivity contribution in [3.8, 4) is 22.1 Å². The Morgan fingerprint density at radius 2 is 1.88 bits per heavy atom. The monoisotopic (exact) mass is 350 g/mol. The maximum absolute atomic E-state index is 12.8. The maximum atomic E-state index is 12.8. The normalized spacial score (nSPS) is 12.2. The molecular weight excluding hydrogens is 341 g/mol. The van der Waals surface area contributed by atoms with Crippen LogP contribution in [0.2, 0.25) is 0 Å². The molecule has 0 atom stereocenters. The molecule has 0 spiro atoms. The Hall–Kier alpha value is -2.68. The van der Waals surface area contributed by atoms with Gasteiger partial charge in [-0.1, -0.05) is 23.5 Å². The van der Waals surface area contributed by atoms with Gasteiger partial charge in [0.2, 0.25) is 4.96 Å². The number of aromatic nitrogens is 4. The van der Waals surface area contributed by atoms with Crippen LogP contribution in [0.1, 0.15) is 11.4 Å². The number of aryl methyl sites for hydroxylation is 1. The molecule has 0 radical (unpaired) electrons. The van der Waals surface area contributed by atoms with Crippen molar-refractivity contribution < 1.29 is 17.6 Å². The highest BCUT2D eigenvalue weighted by Crippen LogP contribution is 2.34. The zero-order valence-electron chi connectivity index (χ0n) is 12.2. The van der Waals surface area contributed by atoms with E-state index in [2.05, 4.69) is 15.3 Å². The second-order valence-corrected chi connectivity index (χ2v) is 6.05. The van der Waals surface area contributed by atoms with Gasteiger partial charge in [-0.25, -0.2) is 0 Å². The lowest BCUT2D eigenvalue weighted by atomic mass is 10.1. The van der Waals surface area contributed by atoms with Crippen molar-refractivity contribution in [1.29, 1.82) is 0 Å². The van der Waals surface area contributed by atoms with Crippen molar-refractivity contribution in [2.75, 3.05) is 0 Å². The van der Waals surface area contributed by atoms with E-state index in [-0.39, 0.29) is 0 Å². The van der Waals surface area contributed by atoms with E-state index in [9.17, 15) is 13.2 Å². The summed E-state index contributed by atoms with van der Waals surface area (Å²) in [6.07, 6.45) is -4.39. The predicted octanol–water partition coefficient (Wildman–Crippen LogP) is 4.44. The van der Waals surface area contributed by atoms with Gasteiger partial charge in [-0.2, -0.15) is 17.7 Å². The smallest absolute Gasteiger partial charge is 0.416 e. The molecule has 0 aliphatic rings. The van der Waals surface area contributed by atoms with Gasteiger partial charge in [0.1, 0.15) is 5.76 Å². The van der Waals surface area contributed by atoms with Crippen LogP contribution in [0.15, 0.2) is 40.8 Å². The van der Waals surface area contributed by atoms with Crippen molar-refractivity contribution in [2.45, 2.75) is 13.1 Å². The summed E-state index contributed by atoms with van der Waals surface area (Å²) in [7, 11) is 0. The third-order valence-electron chi connectivity index (χ3n) is 3.44. The summed E-state index contributed by atoms with van der Waals surface area (Å²) in [6, 6.07) is 8.31. The summed E-state index contributed by atoms with van der Waals surface area (Å²) >= 11 is 1.29. The van der Waals surface area contributed by atoms with Crippen LogP contribution in [-0.4, -0.2) is 19.8 Å². The molecule has 4 rings (SSSR count). The van der Waals surface area contributed by atoms with Gasteiger partial charge < -0.3 is 4.42 Å². The van der Waals surface area contributed by atoms with Gasteiger partial charge in [0.25, 0.3) is 0 Å². The molecule has 0 fully saturated rings. The van der Waals surface area contributed by atoms with Crippen LogP contribution in [0.3, 0.4) is 0 Å². The molecule has 0 aliphatic heterocycles. The minimum Gasteiger partial charge on any atom is -0.454 e. The van der Waals surface area contributed by atoms with E-state index in [1.807, 2.05) is 0 Å². The molecule has 0 saturated carbocycles. The van der Waals surface area contributed by atoms with Crippen molar-refractivity contribution in [2.24, 2.45) is 0 Å². The Morgan fingerprint density at radius 3 is 2.62 bits per heavy atom. The van der Waals surface area contributed by atoms with Gasteiger partial charge in [0, 0.05) is 5.56 Å². The van der Waals surface area contributed by atoms with Crippen LogP contribution in [0.25, 0.3) is 27.1 Å². The maximum Gasteiger partial charge on any atom is 0.416 e. The van der Waals surface area contributed by atoms with Gasteiger partial charge >= 0.3 is 6.18 Å². The highest BCUT2D eigenvalue weighted by atomic mass is 32.1. The molecule has 3 aromatic heterocycles. The fraction of sp³-hybridized carbons (Fsp3) is 0.133. The fourth-order valence-corrected chi connectivity index (χ4v) is 3.12. The van der Waals surface area contributed by atoms with E-state index in [0.717, 1.165) is 12.1 Å². The number of furan rings is 1. The Bertz CT molecular complexity index is 1030. The highest BCUT2D eigenvalue weighted by Gasteiger charge is 2.30. The largest absolute Gasteiger partial charge is 0.454 e. The summed E-state index contributed by atoms with van der Waals surface area (Å²) in [5.41, 5.74) is -0.359. The minimum atomic E-state index is -4.39. The van der Waals surface area contributed by atoms with Crippen LogP contribution in [0, 0.1) is 6.92 Å². The summed E-state index contributed by atoms with van der Waals surface area (Å²) in [5.74, 6) is 1.47. The molecule has 122 valence electrons. The Kier molecular flexibility index (Phi) is 3.20. The van der Waals surface area contributed by atoms with Crippen LogP contribution >= 0.6 is 11.3 Å². The Balaban J connectivity index is 1.72. The van der Waals surface area contributed by atoms with E-state index < -0.39 is 11.7 Å². The lowest BCUT2D eigenvalue weighted by molar-refractivity contribution is -0.137. The molecule has 9 heteroatoms. The number of halogens is 3. The van der Waals surface area contributed by atoms with Crippen molar-refractivity contribution in [1.82, 2.24) is 19.8 Å². The molecule has 24 heavy (non-hydrogen) atoms. The summed E-state index contributed by atoms with van der Waals surface area (Å²) in [5, 5.41) is 12.8. The Morgan fingerprint density at radius 1 is 1.08 bits per heavy atom. The molecule has 3 heterocycles. The summed E-state index contributed by atoms with van der Waals surface area (Å²) in [4.78, 5) is 0.625. The fourth-order valence-electron chi connectivity index (χ4n) is 2.27. The molecule has 4 aromatic rings. The quantitative estimate of drug-likeness (QED) is 0.536. The zero-order valence-corrected chi connectivity index (χ0v) is 13.0. The number of fused-ring (bicyclic) bond motifs is 1. The van der Waals surface area contributed by atoms with E-state index in [1.165, 1.54) is 17.4 Å². The number of benzene rings is 1. The number of nitrogens with zero attached hydrogens (tertiary/aromatic N) is 4. The lowest BCUT2D eigenvalue weighted by Crippen LogP contribution is -2.04. The molecule has 0 bridgehead atoms. The van der Waals surface area contributed by atoms with Crippen molar-refractivity contribution in [3.63, 3.8) is 0 Å². The van der Waals surface area contributed by atoms with Gasteiger partial charge in [-0.3, -0.25) is 0 Å². The number of hydrogen-bond donors (Lipinski definition) is 0. The first-order valence-electron chi connectivity index (χ1n) is 6.88. The second kappa shape index (κ2) is 5.17. The van der Waals surface area contributed by atoms with Crippen LogP contribution < -0.4 is 0 Å². The molecule has 0 N–H and O–H groups in total. The topological polar surface area (TPSA) is 56.2 Å². The first-order valence-corrected chi connectivity index (χ1v) is 7.70. The van der Waals surface area contributed by atoms with E-state index in [0.29, 0.717) is 32.9 Å². The number of hydrogen-bond acceptors (Lipinski definition) is 5. The van der Waals surface area contributed by atoms with Crippen molar-refractivity contribution >= 4 is 16.3 Å². The molecule has 0 aliphatic carbocycles. The minimum absolute atomic E-state index is 0.346. The van der Waals surface area contributed by atoms with Crippen LogP contribution in [0.4, 0.5) is 13.2 Å². The average molecular weight is 350 g/mol. The molecule has 0 amide bonds. The van der Waals surface area contributed by atoms with E-state index in [4.69, 9.17) is 4.42 Å².